The number of allylic oxidation sites excluding steroid dienone is 2. The summed E-state index contributed by atoms with van der Waals surface area (Å²) in [4.78, 5) is 37.4. The Labute approximate surface area is 149 Å². The minimum absolute atomic E-state index is 0.0167. The van der Waals surface area contributed by atoms with Gasteiger partial charge in [-0.05, 0) is 61.3 Å². The number of rotatable bonds is 1. The zero-order chi connectivity index (χ0) is 18.0. The molecular formula is C21H28O4. The van der Waals surface area contributed by atoms with E-state index in [1.807, 2.05) is 13.0 Å². The molecule has 4 aliphatic carbocycles. The minimum atomic E-state index is -0.616. The SMILES string of the molecule is COC(=O)[C@@H]1CC[C@@H]2[C@@H]3CC[C@@H]4CC(=O)CC[C@@]4(C)C3=CC(=O)[C@@]21C. The van der Waals surface area contributed by atoms with Crippen LogP contribution in [0.4, 0.5) is 0 Å². The first-order valence-corrected chi connectivity index (χ1v) is 9.68. The highest BCUT2D eigenvalue weighted by atomic mass is 16.5. The second kappa shape index (κ2) is 5.52. The summed E-state index contributed by atoms with van der Waals surface area (Å²) in [6.07, 6.45) is 7.83. The molecule has 3 fully saturated rings. The Hall–Kier alpha value is -1.45. The number of methoxy groups -OCH3 is 1. The molecule has 0 heterocycles. The molecule has 0 spiro atoms. The zero-order valence-electron chi connectivity index (χ0n) is 15.5. The first-order chi connectivity index (χ1) is 11.8. The van der Waals surface area contributed by atoms with E-state index < -0.39 is 5.41 Å². The van der Waals surface area contributed by atoms with Gasteiger partial charge in [-0.25, -0.2) is 0 Å². The number of ketones is 2. The van der Waals surface area contributed by atoms with Gasteiger partial charge < -0.3 is 4.74 Å². The number of esters is 1. The second-order valence-corrected chi connectivity index (χ2v) is 9.05. The van der Waals surface area contributed by atoms with Crippen LogP contribution in [-0.2, 0) is 19.1 Å². The van der Waals surface area contributed by atoms with Gasteiger partial charge in [0.05, 0.1) is 13.0 Å². The van der Waals surface area contributed by atoms with Gasteiger partial charge >= 0.3 is 5.97 Å². The van der Waals surface area contributed by atoms with Crippen LogP contribution < -0.4 is 0 Å². The Morgan fingerprint density at radius 3 is 2.64 bits per heavy atom. The van der Waals surface area contributed by atoms with E-state index in [4.69, 9.17) is 4.74 Å². The maximum atomic E-state index is 13.2. The number of carbonyl (C=O) groups is 3. The summed E-state index contributed by atoms with van der Waals surface area (Å²) in [5, 5.41) is 0. The molecule has 0 radical (unpaired) electrons. The van der Waals surface area contributed by atoms with Crippen molar-refractivity contribution in [3.63, 3.8) is 0 Å². The summed E-state index contributed by atoms with van der Waals surface area (Å²) in [5.74, 6) is 0.928. The van der Waals surface area contributed by atoms with Gasteiger partial charge in [0.15, 0.2) is 5.78 Å². The first-order valence-electron chi connectivity index (χ1n) is 9.68. The molecule has 4 rings (SSSR count). The maximum Gasteiger partial charge on any atom is 0.309 e. The standard InChI is InChI=1S/C21H28O4/c1-20-9-8-13(22)10-12(20)4-5-14-15-6-7-16(19(24)25-3)21(15,2)18(23)11-17(14)20/h11-12,14-16H,4-10H2,1-3H3/t12-,14+,15-,16+,20-,21+/m1/s1. The van der Waals surface area contributed by atoms with Gasteiger partial charge in [-0.2, -0.15) is 0 Å². The lowest BCUT2D eigenvalue weighted by atomic mass is 9.48. The van der Waals surface area contributed by atoms with Crippen LogP contribution in [0.1, 0.15) is 58.8 Å². The van der Waals surface area contributed by atoms with Gasteiger partial charge in [0.2, 0.25) is 0 Å². The Balaban J connectivity index is 1.75. The third kappa shape index (κ3) is 2.15. The third-order valence-corrected chi connectivity index (χ3v) is 8.23. The van der Waals surface area contributed by atoms with E-state index in [0.29, 0.717) is 30.5 Å². The summed E-state index contributed by atoms with van der Waals surface area (Å²) in [5.41, 5.74) is 0.654. The lowest BCUT2D eigenvalue weighted by Gasteiger charge is -2.55. The molecule has 0 aromatic carbocycles. The predicted octanol–water partition coefficient (Wildman–Crippen LogP) is 3.49. The van der Waals surface area contributed by atoms with Crippen molar-refractivity contribution in [2.45, 2.75) is 58.8 Å². The maximum absolute atomic E-state index is 13.2. The second-order valence-electron chi connectivity index (χ2n) is 9.05. The number of hydrogen-bond donors (Lipinski definition) is 0. The number of fused-ring (bicyclic) bond motifs is 5. The van der Waals surface area contributed by atoms with Crippen LogP contribution in [0, 0.1) is 34.5 Å². The highest BCUT2D eigenvalue weighted by Gasteiger charge is 2.62. The van der Waals surface area contributed by atoms with E-state index >= 15 is 0 Å². The van der Waals surface area contributed by atoms with Crippen molar-refractivity contribution in [1.82, 2.24) is 0 Å². The average Bonchev–Trinajstić information content (AvgIpc) is 2.95. The largest absolute Gasteiger partial charge is 0.469 e. The monoisotopic (exact) mass is 344 g/mol. The highest BCUT2D eigenvalue weighted by molar-refractivity contribution is 6.00. The molecule has 0 N–H and O–H groups in total. The topological polar surface area (TPSA) is 60.4 Å². The van der Waals surface area contributed by atoms with Crippen molar-refractivity contribution in [1.29, 1.82) is 0 Å². The summed E-state index contributed by atoms with van der Waals surface area (Å²) in [6.45, 7) is 4.26. The van der Waals surface area contributed by atoms with E-state index in [0.717, 1.165) is 32.1 Å². The van der Waals surface area contributed by atoms with Gasteiger partial charge in [-0.15, -0.1) is 0 Å². The van der Waals surface area contributed by atoms with Crippen molar-refractivity contribution < 1.29 is 19.1 Å². The van der Waals surface area contributed by atoms with Crippen LogP contribution in [-0.4, -0.2) is 24.6 Å². The number of carbonyl (C=O) groups excluding carboxylic acids is 3. The van der Waals surface area contributed by atoms with Crippen molar-refractivity contribution >= 4 is 17.5 Å². The van der Waals surface area contributed by atoms with Gasteiger partial charge in [0.25, 0.3) is 0 Å². The zero-order valence-corrected chi connectivity index (χ0v) is 15.5. The average molecular weight is 344 g/mol. The molecule has 4 nitrogen and oxygen atoms in total. The normalized spacial score (nSPS) is 46.0. The van der Waals surface area contributed by atoms with Crippen LogP contribution in [0.25, 0.3) is 0 Å². The summed E-state index contributed by atoms with van der Waals surface area (Å²) < 4.78 is 5.00. The van der Waals surface area contributed by atoms with Gasteiger partial charge in [0.1, 0.15) is 5.78 Å². The lowest BCUT2D eigenvalue weighted by Crippen LogP contribution is -2.52. The first kappa shape index (κ1) is 17.0. The molecule has 0 unspecified atom stereocenters. The smallest absolute Gasteiger partial charge is 0.309 e. The van der Waals surface area contributed by atoms with Gasteiger partial charge in [-0.3, -0.25) is 14.4 Å². The van der Waals surface area contributed by atoms with Crippen molar-refractivity contribution in [3.8, 4) is 0 Å². The van der Waals surface area contributed by atoms with Gasteiger partial charge in [-0.1, -0.05) is 19.4 Å². The van der Waals surface area contributed by atoms with Crippen LogP contribution in [0.2, 0.25) is 0 Å². The molecule has 6 atom stereocenters. The van der Waals surface area contributed by atoms with E-state index in [1.54, 1.807) is 0 Å². The molecular weight excluding hydrogens is 316 g/mol. The number of hydrogen-bond acceptors (Lipinski definition) is 4. The molecule has 0 aromatic rings. The molecule has 0 bridgehead atoms. The predicted molar refractivity (Wildman–Crippen MR) is 92.6 cm³/mol. The van der Waals surface area contributed by atoms with Crippen molar-refractivity contribution in [2.24, 2.45) is 34.5 Å². The summed E-state index contributed by atoms with van der Waals surface area (Å²) >= 11 is 0. The fourth-order valence-corrected chi connectivity index (χ4v) is 6.64. The fourth-order valence-electron chi connectivity index (χ4n) is 6.64. The summed E-state index contributed by atoms with van der Waals surface area (Å²) in [6, 6.07) is 0. The van der Waals surface area contributed by atoms with Crippen molar-refractivity contribution in [3.05, 3.63) is 11.6 Å². The van der Waals surface area contributed by atoms with E-state index in [9.17, 15) is 14.4 Å². The Morgan fingerprint density at radius 1 is 1.16 bits per heavy atom. The molecule has 25 heavy (non-hydrogen) atoms. The molecule has 0 saturated heterocycles. The molecule has 0 aliphatic heterocycles. The van der Waals surface area contributed by atoms with Crippen LogP contribution in [0.5, 0.6) is 0 Å². The van der Waals surface area contributed by atoms with Crippen LogP contribution in [0.15, 0.2) is 11.6 Å². The molecule has 4 aliphatic rings. The fraction of sp³-hybridized carbons (Fsp3) is 0.762. The highest BCUT2D eigenvalue weighted by Crippen LogP contribution is 2.64. The Kier molecular flexibility index (Phi) is 3.75. The van der Waals surface area contributed by atoms with E-state index in [1.165, 1.54) is 12.7 Å². The lowest BCUT2D eigenvalue weighted by molar-refractivity contribution is -0.154. The van der Waals surface area contributed by atoms with Gasteiger partial charge in [0, 0.05) is 18.3 Å². The van der Waals surface area contributed by atoms with Crippen LogP contribution >= 0.6 is 0 Å². The van der Waals surface area contributed by atoms with E-state index in [2.05, 4.69) is 6.92 Å². The third-order valence-electron chi connectivity index (χ3n) is 8.23. The molecule has 0 aromatic heterocycles. The minimum Gasteiger partial charge on any atom is -0.469 e. The number of Topliss-reactive ketones (excluding diaryl/α,β-unsaturated/α-hetero) is 1. The molecule has 136 valence electrons. The Morgan fingerprint density at radius 2 is 1.92 bits per heavy atom. The molecule has 4 heteroatoms. The summed E-state index contributed by atoms with van der Waals surface area (Å²) in [7, 11) is 1.42. The van der Waals surface area contributed by atoms with Crippen molar-refractivity contribution in [2.75, 3.05) is 7.11 Å². The van der Waals surface area contributed by atoms with E-state index in [-0.39, 0.29) is 29.0 Å². The molecule has 0 amide bonds. The quantitative estimate of drug-likeness (QED) is 0.683. The molecule has 3 saturated carbocycles. The van der Waals surface area contributed by atoms with Crippen LogP contribution in [0.3, 0.4) is 0 Å². The number of ether oxygens (including phenoxy) is 1. The Bertz CT molecular complexity index is 677.